The summed E-state index contributed by atoms with van der Waals surface area (Å²) in [5, 5.41) is 10.9. The maximum absolute atomic E-state index is 13.1. The normalized spacial score (nSPS) is 14.2. The van der Waals surface area contributed by atoms with Gasteiger partial charge in [-0.1, -0.05) is 42.3 Å². The summed E-state index contributed by atoms with van der Waals surface area (Å²) in [6, 6.07) is 15.5. The molecule has 0 radical (unpaired) electrons. The van der Waals surface area contributed by atoms with Gasteiger partial charge in [0.15, 0.2) is 5.78 Å². The first-order valence-corrected chi connectivity index (χ1v) is 8.23. The monoisotopic (exact) mass is 321 g/mol. The third-order valence-electron chi connectivity index (χ3n) is 4.44. The summed E-state index contributed by atoms with van der Waals surface area (Å²) < 4.78 is 0. The minimum absolute atomic E-state index is 0.00125. The molecule has 1 aliphatic rings. The molecule has 0 spiro atoms. The van der Waals surface area contributed by atoms with Gasteiger partial charge < -0.3 is 0 Å². The van der Waals surface area contributed by atoms with Crippen LogP contribution >= 0.6 is 0 Å². The third-order valence-corrected chi connectivity index (χ3v) is 4.44. The molecule has 4 nitrogen and oxygen atoms in total. The molecule has 0 bridgehead atoms. The molecule has 1 fully saturated rings. The molecule has 1 saturated carbocycles. The molecule has 122 valence electrons. The molecule has 0 saturated heterocycles. The van der Waals surface area contributed by atoms with Gasteiger partial charge in [-0.15, -0.1) is 0 Å². The second-order valence-corrected chi connectivity index (χ2v) is 6.04. The van der Waals surface area contributed by atoms with Gasteiger partial charge in [-0.2, -0.15) is 0 Å². The molecule has 24 heavy (non-hydrogen) atoms. The lowest BCUT2D eigenvalue weighted by molar-refractivity contribution is -0.384. The zero-order chi connectivity index (χ0) is 16.9. The Morgan fingerprint density at radius 1 is 0.833 bits per heavy atom. The van der Waals surface area contributed by atoms with Crippen LogP contribution in [-0.2, 0) is 0 Å². The van der Waals surface area contributed by atoms with Gasteiger partial charge in [0.2, 0.25) is 0 Å². The molecule has 2 aromatic carbocycles. The first kappa shape index (κ1) is 16.1. The van der Waals surface area contributed by atoms with Crippen molar-refractivity contribution >= 4 is 17.0 Å². The van der Waals surface area contributed by atoms with Crippen LogP contribution in [0.1, 0.15) is 48.0 Å². The van der Waals surface area contributed by atoms with Gasteiger partial charge in [0.25, 0.3) is 5.69 Å². The van der Waals surface area contributed by atoms with E-state index in [4.69, 9.17) is 0 Å². The Balaban J connectivity index is 2.05. The number of allylic oxidation sites excluding steroid dienone is 2. The van der Waals surface area contributed by atoms with Gasteiger partial charge in [0, 0.05) is 23.3 Å². The Labute approximate surface area is 141 Å². The molecule has 4 heteroatoms. The molecule has 0 N–H and O–H groups in total. The first-order chi connectivity index (χ1) is 11.7. The van der Waals surface area contributed by atoms with E-state index in [-0.39, 0.29) is 11.5 Å². The van der Waals surface area contributed by atoms with Crippen LogP contribution in [0.3, 0.4) is 0 Å². The summed E-state index contributed by atoms with van der Waals surface area (Å²) in [6.07, 6.45) is 5.22. The number of ketones is 1. The summed E-state index contributed by atoms with van der Waals surface area (Å²) in [4.78, 5) is 23.5. The van der Waals surface area contributed by atoms with Crippen molar-refractivity contribution in [1.82, 2.24) is 0 Å². The Bertz CT molecular complexity index is 768. The topological polar surface area (TPSA) is 60.2 Å². The molecule has 0 heterocycles. The van der Waals surface area contributed by atoms with Crippen LogP contribution < -0.4 is 0 Å². The summed E-state index contributed by atoms with van der Waals surface area (Å²) in [6.45, 7) is 0. The van der Waals surface area contributed by atoms with Crippen LogP contribution in [-0.4, -0.2) is 10.7 Å². The molecule has 0 atom stereocenters. The number of hydrogen-bond acceptors (Lipinski definition) is 3. The highest BCUT2D eigenvalue weighted by Gasteiger charge is 2.21. The number of nitrogens with zero attached hydrogens (tertiary/aromatic N) is 1. The molecule has 3 rings (SSSR count). The Morgan fingerprint density at radius 2 is 1.46 bits per heavy atom. The van der Waals surface area contributed by atoms with E-state index in [0.29, 0.717) is 5.56 Å². The van der Waals surface area contributed by atoms with Crippen LogP contribution in [0.5, 0.6) is 0 Å². The molecule has 2 aromatic rings. The van der Waals surface area contributed by atoms with Gasteiger partial charge in [-0.3, -0.25) is 14.9 Å². The highest BCUT2D eigenvalue weighted by Crippen LogP contribution is 2.33. The van der Waals surface area contributed by atoms with E-state index in [9.17, 15) is 14.9 Å². The number of rotatable bonds is 4. The van der Waals surface area contributed by atoms with Gasteiger partial charge >= 0.3 is 0 Å². The van der Waals surface area contributed by atoms with E-state index < -0.39 is 4.92 Å². The van der Waals surface area contributed by atoms with Crippen molar-refractivity contribution in [3.8, 4) is 0 Å². The average molecular weight is 321 g/mol. The number of carbonyl (C=O) groups excluding carboxylic acids is 1. The van der Waals surface area contributed by atoms with Crippen molar-refractivity contribution in [2.45, 2.75) is 32.1 Å². The van der Waals surface area contributed by atoms with Gasteiger partial charge in [0.1, 0.15) is 0 Å². The number of Topliss-reactive ketones (excluding diaryl/α,β-unsaturated/α-hetero) is 1. The predicted octanol–water partition coefficient (Wildman–Crippen LogP) is 5.20. The molecule has 0 aromatic heterocycles. The number of benzene rings is 2. The van der Waals surface area contributed by atoms with E-state index in [1.54, 1.807) is 12.1 Å². The number of nitro benzene ring substituents is 1. The summed E-state index contributed by atoms with van der Waals surface area (Å²) in [5.41, 5.74) is 3.36. The summed E-state index contributed by atoms with van der Waals surface area (Å²) in [5.74, 6) is 0.00125. The van der Waals surface area contributed by atoms with Crippen LogP contribution in [0, 0.1) is 10.1 Å². The second kappa shape index (κ2) is 7.21. The van der Waals surface area contributed by atoms with Crippen molar-refractivity contribution in [2.24, 2.45) is 0 Å². The van der Waals surface area contributed by atoms with Crippen molar-refractivity contribution in [1.29, 1.82) is 0 Å². The highest BCUT2D eigenvalue weighted by molar-refractivity contribution is 6.29. The molecule has 0 amide bonds. The smallest absolute Gasteiger partial charge is 0.269 e. The highest BCUT2D eigenvalue weighted by atomic mass is 16.6. The fourth-order valence-electron chi connectivity index (χ4n) is 3.21. The standard InChI is InChI=1S/C20H19NO3/c22-20(17-9-5-2-6-10-17)19(15-7-3-1-4-8-15)16-11-13-18(14-12-16)21(23)24/h2,5-6,9-14H,1,3-4,7-8H2. The number of non-ortho nitro benzene ring substituents is 1. The fraction of sp³-hybridized carbons (Fsp3) is 0.250. The molecule has 0 aliphatic heterocycles. The molecule has 0 unspecified atom stereocenters. The lowest BCUT2D eigenvalue weighted by atomic mass is 9.85. The van der Waals surface area contributed by atoms with Crippen molar-refractivity contribution in [3.63, 3.8) is 0 Å². The number of carbonyl (C=O) groups is 1. The zero-order valence-corrected chi connectivity index (χ0v) is 13.4. The average Bonchev–Trinajstić information content (AvgIpc) is 2.64. The van der Waals surface area contributed by atoms with E-state index in [2.05, 4.69) is 0 Å². The van der Waals surface area contributed by atoms with Crippen LogP contribution in [0.25, 0.3) is 5.57 Å². The summed E-state index contributed by atoms with van der Waals surface area (Å²) in [7, 11) is 0. The van der Waals surface area contributed by atoms with E-state index in [0.717, 1.165) is 36.8 Å². The summed E-state index contributed by atoms with van der Waals surface area (Å²) >= 11 is 0. The van der Waals surface area contributed by atoms with Crippen LogP contribution in [0.4, 0.5) is 5.69 Å². The second-order valence-electron chi connectivity index (χ2n) is 6.04. The lowest BCUT2D eigenvalue weighted by Gasteiger charge is -2.19. The largest absolute Gasteiger partial charge is 0.289 e. The maximum atomic E-state index is 13.1. The van der Waals surface area contributed by atoms with Crippen LogP contribution in [0.15, 0.2) is 60.2 Å². The first-order valence-electron chi connectivity index (χ1n) is 8.23. The lowest BCUT2D eigenvalue weighted by Crippen LogP contribution is -2.08. The van der Waals surface area contributed by atoms with E-state index >= 15 is 0 Å². The number of nitro groups is 1. The van der Waals surface area contributed by atoms with Gasteiger partial charge in [-0.25, -0.2) is 0 Å². The van der Waals surface area contributed by atoms with Crippen molar-refractivity contribution < 1.29 is 9.72 Å². The van der Waals surface area contributed by atoms with Gasteiger partial charge in [0.05, 0.1) is 4.92 Å². The quantitative estimate of drug-likeness (QED) is 0.337. The molecular formula is C20H19NO3. The number of hydrogen-bond donors (Lipinski definition) is 0. The Hall–Kier alpha value is -2.75. The van der Waals surface area contributed by atoms with Crippen LogP contribution in [0.2, 0.25) is 0 Å². The minimum Gasteiger partial charge on any atom is -0.289 e. The van der Waals surface area contributed by atoms with Crippen molar-refractivity contribution in [2.75, 3.05) is 0 Å². The van der Waals surface area contributed by atoms with E-state index in [1.807, 2.05) is 30.3 Å². The molecular weight excluding hydrogens is 302 g/mol. The maximum Gasteiger partial charge on any atom is 0.269 e. The van der Waals surface area contributed by atoms with Crippen molar-refractivity contribution in [3.05, 3.63) is 81.4 Å². The van der Waals surface area contributed by atoms with E-state index in [1.165, 1.54) is 24.1 Å². The Kier molecular flexibility index (Phi) is 4.85. The van der Waals surface area contributed by atoms with Gasteiger partial charge in [-0.05, 0) is 43.4 Å². The predicted molar refractivity (Wildman–Crippen MR) is 93.9 cm³/mol. The molecule has 1 aliphatic carbocycles. The Morgan fingerprint density at radius 3 is 2.04 bits per heavy atom. The zero-order valence-electron chi connectivity index (χ0n) is 13.4. The SMILES string of the molecule is O=C(C(=C1CCCCC1)c1ccc([N+](=O)[O-])cc1)c1ccccc1. The fourth-order valence-corrected chi connectivity index (χ4v) is 3.21. The minimum atomic E-state index is -0.420. The third kappa shape index (κ3) is 3.43.